The number of imide groups is 1. The van der Waals surface area contributed by atoms with Crippen LogP contribution >= 0.6 is 0 Å². The average Bonchev–Trinajstić information content (AvgIpc) is 2.91. The molecule has 1 saturated heterocycles. The first-order valence-corrected chi connectivity index (χ1v) is 12.1. The lowest BCUT2D eigenvalue weighted by Gasteiger charge is -2.33. The molecule has 168 valence electrons. The Morgan fingerprint density at radius 3 is 2.06 bits per heavy atom. The zero-order chi connectivity index (χ0) is 22.0. The number of piperidine rings is 1. The van der Waals surface area contributed by atoms with Gasteiger partial charge in [-0.3, -0.25) is 14.5 Å². The molecule has 0 radical (unpaired) electrons. The van der Waals surface area contributed by atoms with Gasteiger partial charge in [0.1, 0.15) is 11.4 Å². The van der Waals surface area contributed by atoms with Crippen LogP contribution < -0.4 is 4.74 Å². The predicted octanol–water partition coefficient (Wildman–Crippen LogP) is 5.01. The summed E-state index contributed by atoms with van der Waals surface area (Å²) in [7, 11) is 0. The Labute approximate surface area is 186 Å². The summed E-state index contributed by atoms with van der Waals surface area (Å²) in [6.07, 6.45) is 8.64. The van der Waals surface area contributed by atoms with E-state index in [0.29, 0.717) is 17.2 Å². The molecule has 0 N–H and O–H groups in total. The molecule has 31 heavy (non-hydrogen) atoms. The highest BCUT2D eigenvalue weighted by Crippen LogP contribution is 2.37. The van der Waals surface area contributed by atoms with Crippen LogP contribution in [0.4, 0.5) is 0 Å². The lowest BCUT2D eigenvalue weighted by molar-refractivity contribution is -0.140. The van der Waals surface area contributed by atoms with Crippen LogP contribution in [0.1, 0.15) is 77.7 Å². The monoisotopic (exact) mass is 424 g/mol. The minimum atomic E-state index is -0.108. The van der Waals surface area contributed by atoms with Gasteiger partial charge in [0.25, 0.3) is 11.8 Å². The molecule has 1 saturated carbocycles. The summed E-state index contributed by atoms with van der Waals surface area (Å²) >= 11 is 0. The molecular formula is C26H36N2O3. The number of amides is 2. The van der Waals surface area contributed by atoms with Gasteiger partial charge in [0, 0.05) is 19.1 Å². The van der Waals surface area contributed by atoms with Gasteiger partial charge >= 0.3 is 0 Å². The Bertz CT molecular complexity index is 827. The smallest absolute Gasteiger partial charge is 0.278 e. The van der Waals surface area contributed by atoms with Crippen molar-refractivity contribution in [1.82, 2.24) is 9.80 Å². The molecule has 2 amide bonds. The van der Waals surface area contributed by atoms with Crippen molar-refractivity contribution >= 4 is 17.4 Å². The van der Waals surface area contributed by atoms with E-state index in [1.54, 1.807) is 4.90 Å². The van der Waals surface area contributed by atoms with Crippen LogP contribution in [-0.4, -0.2) is 46.8 Å². The fraction of sp³-hybridized carbons (Fsp3) is 0.615. The third kappa shape index (κ3) is 4.65. The van der Waals surface area contributed by atoms with Crippen LogP contribution in [0.15, 0.2) is 30.0 Å². The zero-order valence-electron chi connectivity index (χ0n) is 19.2. The maximum Gasteiger partial charge on any atom is 0.278 e. The molecule has 0 atom stereocenters. The maximum absolute atomic E-state index is 13.7. The summed E-state index contributed by atoms with van der Waals surface area (Å²) in [6, 6.07) is 7.71. The van der Waals surface area contributed by atoms with Crippen molar-refractivity contribution in [3.63, 3.8) is 0 Å². The second-order valence-electron chi connectivity index (χ2n) is 9.71. The number of rotatable bonds is 5. The van der Waals surface area contributed by atoms with Gasteiger partial charge in [0.15, 0.2) is 0 Å². The molecule has 0 unspecified atom stereocenters. The molecule has 1 aromatic rings. The molecule has 4 rings (SSSR count). The molecule has 5 nitrogen and oxygen atoms in total. The Hall–Kier alpha value is -2.30. The fourth-order valence-electron chi connectivity index (χ4n) is 5.14. The summed E-state index contributed by atoms with van der Waals surface area (Å²) in [6.45, 7) is 7.93. The van der Waals surface area contributed by atoms with E-state index in [4.69, 9.17) is 4.74 Å². The van der Waals surface area contributed by atoms with Crippen LogP contribution in [0.5, 0.6) is 5.75 Å². The third-order valence-electron chi connectivity index (χ3n) is 6.90. The number of hydrogen-bond donors (Lipinski definition) is 0. The van der Waals surface area contributed by atoms with Gasteiger partial charge < -0.3 is 9.64 Å². The van der Waals surface area contributed by atoms with Crippen molar-refractivity contribution in [2.75, 3.05) is 13.1 Å². The highest BCUT2D eigenvalue weighted by atomic mass is 16.5. The fourth-order valence-corrected chi connectivity index (χ4v) is 5.14. The Morgan fingerprint density at radius 1 is 0.871 bits per heavy atom. The van der Waals surface area contributed by atoms with Gasteiger partial charge in [-0.05, 0) is 63.1 Å². The van der Waals surface area contributed by atoms with E-state index < -0.39 is 0 Å². The number of carbonyl (C=O) groups is 2. The van der Waals surface area contributed by atoms with Crippen LogP contribution in [0.25, 0.3) is 5.57 Å². The average molecular weight is 425 g/mol. The third-order valence-corrected chi connectivity index (χ3v) is 6.90. The number of hydrogen-bond acceptors (Lipinski definition) is 4. The Balaban J connectivity index is 1.69. The van der Waals surface area contributed by atoms with E-state index in [1.807, 2.05) is 38.1 Å². The van der Waals surface area contributed by atoms with Gasteiger partial charge in [0.05, 0.1) is 11.7 Å². The second-order valence-corrected chi connectivity index (χ2v) is 9.71. The molecule has 2 fully saturated rings. The SMILES string of the molecule is CC1CCN(C2=C(c3ccc(OC(C)C)cc3)C(=O)N(C3CCCCCC3)C2=O)CC1. The largest absolute Gasteiger partial charge is 0.491 e. The summed E-state index contributed by atoms with van der Waals surface area (Å²) in [4.78, 5) is 31.2. The molecular weight excluding hydrogens is 388 g/mol. The first kappa shape index (κ1) is 21.9. The topological polar surface area (TPSA) is 49.9 Å². The molecule has 1 aromatic carbocycles. The van der Waals surface area contributed by atoms with E-state index in [2.05, 4.69) is 11.8 Å². The quantitative estimate of drug-likeness (QED) is 0.493. The van der Waals surface area contributed by atoms with Crippen LogP contribution in [0, 0.1) is 5.92 Å². The van der Waals surface area contributed by atoms with E-state index in [1.165, 1.54) is 12.8 Å². The molecule has 5 heteroatoms. The van der Waals surface area contributed by atoms with Crippen molar-refractivity contribution in [2.45, 2.75) is 84.3 Å². The molecule has 0 spiro atoms. The van der Waals surface area contributed by atoms with Crippen LogP contribution in [0.2, 0.25) is 0 Å². The summed E-state index contributed by atoms with van der Waals surface area (Å²) in [5, 5.41) is 0. The van der Waals surface area contributed by atoms with Crippen molar-refractivity contribution < 1.29 is 14.3 Å². The molecule has 2 aliphatic heterocycles. The van der Waals surface area contributed by atoms with Crippen molar-refractivity contribution in [2.24, 2.45) is 5.92 Å². The Morgan fingerprint density at radius 2 is 1.48 bits per heavy atom. The van der Waals surface area contributed by atoms with Gasteiger partial charge in [0.2, 0.25) is 0 Å². The number of carbonyl (C=O) groups excluding carboxylic acids is 2. The molecule has 0 aromatic heterocycles. The van der Waals surface area contributed by atoms with Gasteiger partial charge in [-0.2, -0.15) is 0 Å². The van der Waals surface area contributed by atoms with E-state index in [0.717, 1.165) is 62.9 Å². The number of nitrogens with zero attached hydrogens (tertiary/aromatic N) is 2. The van der Waals surface area contributed by atoms with Crippen LogP contribution in [-0.2, 0) is 9.59 Å². The maximum atomic E-state index is 13.7. The lowest BCUT2D eigenvalue weighted by Crippen LogP contribution is -2.43. The standard InChI is InChI=1S/C26H36N2O3/c1-18(2)31-22-12-10-20(11-13-22)23-24(27-16-14-19(3)15-17-27)26(30)28(25(23)29)21-8-6-4-5-7-9-21/h10-13,18-19,21H,4-9,14-17H2,1-3H3. The second kappa shape index (κ2) is 9.46. The molecule has 0 bridgehead atoms. The summed E-state index contributed by atoms with van der Waals surface area (Å²) < 4.78 is 5.78. The Kier molecular flexibility index (Phi) is 6.68. The van der Waals surface area contributed by atoms with E-state index in [-0.39, 0.29) is 24.0 Å². The predicted molar refractivity (Wildman–Crippen MR) is 122 cm³/mol. The van der Waals surface area contributed by atoms with Crippen molar-refractivity contribution in [1.29, 1.82) is 0 Å². The van der Waals surface area contributed by atoms with Crippen molar-refractivity contribution in [3.8, 4) is 5.75 Å². The normalized spacial score (nSPS) is 21.9. The zero-order valence-corrected chi connectivity index (χ0v) is 19.2. The minimum Gasteiger partial charge on any atom is -0.491 e. The molecule has 2 heterocycles. The highest BCUT2D eigenvalue weighted by Gasteiger charge is 2.45. The number of likely N-dealkylation sites (tertiary alicyclic amines) is 1. The first-order valence-electron chi connectivity index (χ1n) is 12.1. The molecule has 3 aliphatic rings. The number of benzene rings is 1. The number of ether oxygens (including phenoxy) is 1. The van der Waals surface area contributed by atoms with Gasteiger partial charge in [-0.15, -0.1) is 0 Å². The van der Waals surface area contributed by atoms with E-state index >= 15 is 0 Å². The minimum absolute atomic E-state index is 0.0299. The highest BCUT2D eigenvalue weighted by molar-refractivity contribution is 6.35. The van der Waals surface area contributed by atoms with Crippen LogP contribution in [0.3, 0.4) is 0 Å². The summed E-state index contributed by atoms with van der Waals surface area (Å²) in [5.74, 6) is 1.26. The van der Waals surface area contributed by atoms with Gasteiger partial charge in [-0.25, -0.2) is 0 Å². The first-order chi connectivity index (χ1) is 15.0. The lowest BCUT2D eigenvalue weighted by atomic mass is 9.97. The van der Waals surface area contributed by atoms with Crippen molar-refractivity contribution in [3.05, 3.63) is 35.5 Å². The van der Waals surface area contributed by atoms with E-state index in [9.17, 15) is 9.59 Å². The molecule has 1 aliphatic carbocycles. The van der Waals surface area contributed by atoms with Gasteiger partial charge in [-0.1, -0.05) is 44.7 Å². The summed E-state index contributed by atoms with van der Waals surface area (Å²) in [5.41, 5.74) is 2.03.